The molecule has 5 heteroatoms. The van der Waals surface area contributed by atoms with E-state index in [1.807, 2.05) is 12.1 Å². The molecule has 30 heavy (non-hydrogen) atoms. The van der Waals surface area contributed by atoms with E-state index in [1.54, 1.807) is 12.1 Å². The number of rotatable bonds is 7. The summed E-state index contributed by atoms with van der Waals surface area (Å²) in [6.07, 6.45) is 4.52. The fourth-order valence-electron chi connectivity index (χ4n) is 5.57. The third-order valence-corrected chi connectivity index (χ3v) is 7.30. The minimum Gasteiger partial charge on any atom is -0.311 e. The lowest BCUT2D eigenvalue weighted by Gasteiger charge is -2.45. The number of benzene rings is 2. The number of piperazine rings is 1. The second kappa shape index (κ2) is 9.27. The minimum absolute atomic E-state index is 0.240. The molecule has 0 radical (unpaired) electrons. The first-order chi connectivity index (χ1) is 14.6. The standard InChI is InChI=1S/C25H33N3O2/c1-3-18(4-2)25-15-26-23(22-13-19-9-5-6-10-20(19)14-22)17-27(25)16-21-11-7-8-12-24(21)28(29)30/h5-12,18,22-23,25-26H,3-4,13-17H2,1-2H3/t23-,25-/m0/s1. The van der Waals surface area contributed by atoms with Crippen LogP contribution >= 0.6 is 0 Å². The highest BCUT2D eigenvalue weighted by Crippen LogP contribution is 2.33. The van der Waals surface area contributed by atoms with E-state index in [0.717, 1.165) is 44.3 Å². The molecule has 1 saturated heterocycles. The number of nitrogens with zero attached hydrogens (tertiary/aromatic N) is 2. The van der Waals surface area contributed by atoms with Crippen LogP contribution in [0.4, 0.5) is 5.69 Å². The largest absolute Gasteiger partial charge is 0.311 e. The Kier molecular flexibility index (Phi) is 6.49. The van der Waals surface area contributed by atoms with Crippen molar-refractivity contribution in [2.75, 3.05) is 13.1 Å². The zero-order valence-electron chi connectivity index (χ0n) is 18.1. The van der Waals surface area contributed by atoms with E-state index in [1.165, 1.54) is 11.1 Å². The summed E-state index contributed by atoms with van der Waals surface area (Å²) in [5, 5.41) is 15.4. The second-order valence-electron chi connectivity index (χ2n) is 8.91. The van der Waals surface area contributed by atoms with Crippen molar-refractivity contribution in [3.05, 3.63) is 75.3 Å². The quantitative estimate of drug-likeness (QED) is 0.539. The van der Waals surface area contributed by atoms with Crippen molar-refractivity contribution in [1.82, 2.24) is 10.2 Å². The van der Waals surface area contributed by atoms with Crippen LogP contribution in [0, 0.1) is 22.0 Å². The first-order valence-corrected chi connectivity index (χ1v) is 11.4. The number of nitro groups is 1. The predicted octanol–water partition coefficient (Wildman–Crippen LogP) is 4.59. The molecule has 0 spiro atoms. The number of hydrogen-bond acceptors (Lipinski definition) is 4. The molecule has 2 aromatic rings. The summed E-state index contributed by atoms with van der Waals surface area (Å²) in [6.45, 7) is 7.08. The average molecular weight is 408 g/mol. The Morgan fingerprint density at radius 1 is 1.07 bits per heavy atom. The molecule has 0 bridgehead atoms. The van der Waals surface area contributed by atoms with Crippen LogP contribution in [-0.4, -0.2) is 35.0 Å². The van der Waals surface area contributed by atoms with Gasteiger partial charge in [-0.3, -0.25) is 15.0 Å². The van der Waals surface area contributed by atoms with Gasteiger partial charge in [0.2, 0.25) is 0 Å². The fraction of sp³-hybridized carbons (Fsp3) is 0.520. The summed E-state index contributed by atoms with van der Waals surface area (Å²) in [4.78, 5) is 13.9. The van der Waals surface area contributed by atoms with Gasteiger partial charge in [-0.15, -0.1) is 0 Å². The smallest absolute Gasteiger partial charge is 0.273 e. The molecule has 1 fully saturated rings. The molecule has 1 heterocycles. The van der Waals surface area contributed by atoms with Crippen LogP contribution in [0.3, 0.4) is 0 Å². The fourth-order valence-corrected chi connectivity index (χ4v) is 5.57. The van der Waals surface area contributed by atoms with Crippen LogP contribution in [0.1, 0.15) is 43.4 Å². The topological polar surface area (TPSA) is 58.4 Å². The van der Waals surface area contributed by atoms with Gasteiger partial charge in [0.25, 0.3) is 5.69 Å². The van der Waals surface area contributed by atoms with E-state index >= 15 is 0 Å². The first kappa shape index (κ1) is 21.0. The highest BCUT2D eigenvalue weighted by atomic mass is 16.6. The third kappa shape index (κ3) is 4.28. The third-order valence-electron chi connectivity index (χ3n) is 7.30. The average Bonchev–Trinajstić information content (AvgIpc) is 3.20. The van der Waals surface area contributed by atoms with E-state index in [0.29, 0.717) is 30.5 Å². The molecule has 0 saturated carbocycles. The first-order valence-electron chi connectivity index (χ1n) is 11.4. The van der Waals surface area contributed by atoms with Crippen molar-refractivity contribution in [2.45, 2.75) is 58.2 Å². The molecule has 2 aromatic carbocycles. The van der Waals surface area contributed by atoms with Gasteiger partial charge in [-0.1, -0.05) is 69.2 Å². The Labute approximate surface area is 179 Å². The maximum atomic E-state index is 11.6. The van der Waals surface area contributed by atoms with E-state index in [-0.39, 0.29) is 10.6 Å². The van der Waals surface area contributed by atoms with Crippen LogP contribution in [-0.2, 0) is 19.4 Å². The highest BCUT2D eigenvalue weighted by molar-refractivity contribution is 5.40. The summed E-state index contributed by atoms with van der Waals surface area (Å²) in [5.74, 6) is 1.19. The minimum atomic E-state index is -0.241. The Balaban J connectivity index is 1.55. The van der Waals surface area contributed by atoms with Crippen LogP contribution < -0.4 is 5.32 Å². The zero-order chi connectivity index (χ0) is 21.1. The van der Waals surface area contributed by atoms with Gasteiger partial charge < -0.3 is 5.32 Å². The van der Waals surface area contributed by atoms with Gasteiger partial charge in [0.05, 0.1) is 4.92 Å². The normalized spacial score (nSPS) is 22.4. The van der Waals surface area contributed by atoms with Crippen molar-refractivity contribution in [1.29, 1.82) is 0 Å². The van der Waals surface area contributed by atoms with Crippen LogP contribution in [0.2, 0.25) is 0 Å². The van der Waals surface area contributed by atoms with Gasteiger partial charge >= 0.3 is 0 Å². The molecule has 2 atom stereocenters. The molecular weight excluding hydrogens is 374 g/mol. The summed E-state index contributed by atoms with van der Waals surface area (Å²) in [7, 11) is 0. The van der Waals surface area contributed by atoms with Crippen molar-refractivity contribution in [2.24, 2.45) is 11.8 Å². The van der Waals surface area contributed by atoms with E-state index < -0.39 is 0 Å². The Bertz CT molecular complexity index is 855. The highest BCUT2D eigenvalue weighted by Gasteiger charge is 2.37. The SMILES string of the molecule is CCC(CC)[C@@H]1CN[C@H](C2Cc3ccccc3C2)CN1Cc1ccccc1[N+](=O)[O-]. The molecule has 1 aliphatic carbocycles. The molecule has 4 rings (SSSR count). The predicted molar refractivity (Wildman–Crippen MR) is 120 cm³/mol. The van der Waals surface area contributed by atoms with Gasteiger partial charge in [0.15, 0.2) is 0 Å². The van der Waals surface area contributed by atoms with Crippen molar-refractivity contribution in [3.8, 4) is 0 Å². The summed E-state index contributed by atoms with van der Waals surface area (Å²) < 4.78 is 0. The molecule has 2 aliphatic rings. The number of para-hydroxylation sites is 1. The van der Waals surface area contributed by atoms with Crippen LogP contribution in [0.15, 0.2) is 48.5 Å². The lowest BCUT2D eigenvalue weighted by Crippen LogP contribution is -2.60. The summed E-state index contributed by atoms with van der Waals surface area (Å²) in [6, 6.07) is 16.9. The Morgan fingerprint density at radius 3 is 2.33 bits per heavy atom. The van der Waals surface area contributed by atoms with E-state index in [4.69, 9.17) is 0 Å². The molecule has 0 unspecified atom stereocenters. The molecule has 1 N–H and O–H groups in total. The van der Waals surface area contributed by atoms with Gasteiger partial charge in [0.1, 0.15) is 0 Å². The van der Waals surface area contributed by atoms with Crippen molar-refractivity contribution < 1.29 is 4.92 Å². The maximum absolute atomic E-state index is 11.6. The lowest BCUT2D eigenvalue weighted by molar-refractivity contribution is -0.385. The molecule has 1 aliphatic heterocycles. The van der Waals surface area contributed by atoms with E-state index in [2.05, 4.69) is 48.3 Å². The van der Waals surface area contributed by atoms with Crippen molar-refractivity contribution in [3.63, 3.8) is 0 Å². The molecule has 160 valence electrons. The number of nitrogens with one attached hydrogen (secondary N) is 1. The zero-order valence-corrected chi connectivity index (χ0v) is 18.1. The summed E-state index contributed by atoms with van der Waals surface area (Å²) in [5.41, 5.74) is 4.03. The van der Waals surface area contributed by atoms with Crippen LogP contribution in [0.5, 0.6) is 0 Å². The van der Waals surface area contributed by atoms with Gasteiger partial charge in [-0.25, -0.2) is 0 Å². The van der Waals surface area contributed by atoms with E-state index in [9.17, 15) is 10.1 Å². The molecular formula is C25H33N3O2. The molecule has 0 aromatic heterocycles. The Morgan fingerprint density at radius 2 is 1.70 bits per heavy atom. The number of hydrogen-bond donors (Lipinski definition) is 1. The Hall–Kier alpha value is -2.24. The lowest BCUT2D eigenvalue weighted by atomic mass is 9.87. The van der Waals surface area contributed by atoms with Gasteiger partial charge in [0, 0.05) is 43.3 Å². The number of fused-ring (bicyclic) bond motifs is 1. The second-order valence-corrected chi connectivity index (χ2v) is 8.91. The van der Waals surface area contributed by atoms with Gasteiger partial charge in [-0.05, 0) is 35.8 Å². The monoisotopic (exact) mass is 407 g/mol. The maximum Gasteiger partial charge on any atom is 0.273 e. The molecule has 5 nitrogen and oxygen atoms in total. The van der Waals surface area contributed by atoms with Crippen molar-refractivity contribution >= 4 is 5.69 Å². The molecule has 0 amide bonds. The van der Waals surface area contributed by atoms with Crippen LogP contribution in [0.25, 0.3) is 0 Å². The van der Waals surface area contributed by atoms with Gasteiger partial charge in [-0.2, -0.15) is 0 Å². The number of nitro benzene ring substituents is 1. The summed E-state index contributed by atoms with van der Waals surface area (Å²) >= 11 is 0.